The van der Waals surface area contributed by atoms with E-state index in [2.05, 4.69) is 19.2 Å². The van der Waals surface area contributed by atoms with Crippen LogP contribution in [0.25, 0.3) is 0 Å². The summed E-state index contributed by atoms with van der Waals surface area (Å²) in [7, 11) is 0. The molecule has 1 amide bonds. The van der Waals surface area contributed by atoms with Crippen LogP contribution in [-0.2, 0) is 23.7 Å². The van der Waals surface area contributed by atoms with E-state index in [0.29, 0.717) is 33.0 Å². The van der Waals surface area contributed by atoms with Gasteiger partial charge in [-0.2, -0.15) is 0 Å². The van der Waals surface area contributed by atoms with Gasteiger partial charge >= 0.3 is 6.09 Å². The van der Waals surface area contributed by atoms with Gasteiger partial charge in [0.05, 0.1) is 24.9 Å². The fourth-order valence-corrected chi connectivity index (χ4v) is 7.19. The lowest BCUT2D eigenvalue weighted by molar-refractivity contribution is -0.0666. The molecule has 7 heteroatoms. The highest BCUT2D eigenvalue weighted by Gasteiger charge is 2.15. The first-order chi connectivity index (χ1) is 27.8. The molecule has 1 N–H and O–H groups in total. The van der Waals surface area contributed by atoms with Crippen molar-refractivity contribution in [3.63, 3.8) is 0 Å². The minimum atomic E-state index is -0.409. The van der Waals surface area contributed by atoms with E-state index in [1.165, 1.54) is 193 Å². The van der Waals surface area contributed by atoms with Crippen molar-refractivity contribution in [1.29, 1.82) is 0 Å². The topological polar surface area (TPSA) is 75.3 Å². The Balaban J connectivity index is 4.12. The molecule has 0 fully saturated rings. The van der Waals surface area contributed by atoms with Crippen LogP contribution in [0.2, 0.25) is 0 Å². The largest absolute Gasteiger partial charge is 0.447 e. The highest BCUT2D eigenvalue weighted by molar-refractivity contribution is 5.67. The molecule has 0 radical (unpaired) electrons. The third-order valence-corrected chi connectivity index (χ3v) is 10.9. The van der Waals surface area contributed by atoms with E-state index >= 15 is 0 Å². The highest BCUT2D eigenvalue weighted by atomic mass is 16.6. The lowest BCUT2D eigenvalue weighted by atomic mass is 10.0. The van der Waals surface area contributed by atoms with Crippen molar-refractivity contribution in [1.82, 2.24) is 5.32 Å². The molecule has 0 saturated heterocycles. The molecule has 0 heterocycles. The van der Waals surface area contributed by atoms with Crippen LogP contribution in [0.3, 0.4) is 0 Å². The summed E-state index contributed by atoms with van der Waals surface area (Å²) >= 11 is 0. The van der Waals surface area contributed by atoms with Gasteiger partial charge in [-0.15, -0.1) is 0 Å². The summed E-state index contributed by atoms with van der Waals surface area (Å²) in [5.74, 6) is 0. The van der Waals surface area contributed by atoms with Crippen LogP contribution in [0.15, 0.2) is 0 Å². The van der Waals surface area contributed by atoms with Crippen molar-refractivity contribution in [3.8, 4) is 0 Å². The van der Waals surface area contributed by atoms with E-state index in [0.717, 1.165) is 25.9 Å². The Morgan fingerprint density at radius 1 is 0.456 bits per heavy atom. The Labute approximate surface area is 356 Å². The first-order valence-corrected chi connectivity index (χ1v) is 25.1. The summed E-state index contributed by atoms with van der Waals surface area (Å²) in [5.41, 5.74) is -0.174. The van der Waals surface area contributed by atoms with Crippen LogP contribution >= 0.6 is 0 Å². The lowest BCUT2D eigenvalue weighted by Gasteiger charge is -2.22. The maximum Gasteiger partial charge on any atom is 0.407 e. The summed E-state index contributed by atoms with van der Waals surface area (Å²) in [5, 5.41) is 2.85. The van der Waals surface area contributed by atoms with Crippen LogP contribution < -0.4 is 5.32 Å². The van der Waals surface area contributed by atoms with Crippen LogP contribution in [0.5, 0.6) is 0 Å². The van der Waals surface area contributed by atoms with E-state index in [1.807, 2.05) is 27.7 Å². The first kappa shape index (κ1) is 56.1. The maximum atomic E-state index is 12.4. The molecule has 0 aromatic rings. The molecule has 0 aliphatic heterocycles. The van der Waals surface area contributed by atoms with Crippen LogP contribution in [0.1, 0.15) is 253 Å². The quantitative estimate of drug-likeness (QED) is 0.0617. The summed E-state index contributed by atoms with van der Waals surface area (Å²) in [6, 6.07) is 0. The molecular formula is C50H101NO6. The summed E-state index contributed by atoms with van der Waals surface area (Å²) in [6.07, 6.45) is 43.6. The SMILES string of the molecule is CCCCCCCCCCCCCCCCCCOCC(COC(=O)NCCCOC(C)COC(C)(C)C)OCCCCCCCCCCCCCCCCCC. The van der Waals surface area contributed by atoms with Crippen LogP contribution in [0, 0.1) is 0 Å². The van der Waals surface area contributed by atoms with Gasteiger partial charge in [0.15, 0.2) is 0 Å². The Hall–Kier alpha value is -0.890. The van der Waals surface area contributed by atoms with Crippen molar-refractivity contribution in [2.24, 2.45) is 0 Å². The number of ether oxygens (including phenoxy) is 5. The van der Waals surface area contributed by atoms with Gasteiger partial charge in [0.25, 0.3) is 0 Å². The van der Waals surface area contributed by atoms with Crippen LogP contribution in [0.4, 0.5) is 4.79 Å². The zero-order valence-electron chi connectivity index (χ0n) is 39.4. The number of hydrogen-bond donors (Lipinski definition) is 1. The molecule has 0 saturated carbocycles. The van der Waals surface area contributed by atoms with Crippen molar-refractivity contribution in [2.75, 3.05) is 46.2 Å². The van der Waals surface area contributed by atoms with Crippen molar-refractivity contribution < 1.29 is 28.5 Å². The molecule has 0 spiro atoms. The second kappa shape index (κ2) is 44.7. The smallest absolute Gasteiger partial charge is 0.407 e. The maximum absolute atomic E-state index is 12.4. The van der Waals surface area contributed by atoms with Gasteiger partial charge in [0, 0.05) is 26.4 Å². The molecular weight excluding hydrogens is 711 g/mol. The Morgan fingerprint density at radius 3 is 1.23 bits per heavy atom. The van der Waals surface area contributed by atoms with Gasteiger partial charge in [-0.3, -0.25) is 0 Å². The predicted octanol–water partition coefficient (Wildman–Crippen LogP) is 15.2. The van der Waals surface area contributed by atoms with Crippen molar-refractivity contribution in [3.05, 3.63) is 0 Å². The molecule has 0 aliphatic carbocycles. The zero-order valence-corrected chi connectivity index (χ0v) is 39.4. The van der Waals surface area contributed by atoms with Gasteiger partial charge in [-0.05, 0) is 47.0 Å². The number of nitrogens with one attached hydrogen (secondary N) is 1. The van der Waals surface area contributed by atoms with Crippen LogP contribution in [-0.4, -0.2) is 70.1 Å². The van der Waals surface area contributed by atoms with Crippen molar-refractivity contribution in [2.45, 2.75) is 271 Å². The van der Waals surface area contributed by atoms with Gasteiger partial charge in [0.1, 0.15) is 12.7 Å². The number of rotatable bonds is 46. The van der Waals surface area contributed by atoms with Gasteiger partial charge in [0.2, 0.25) is 0 Å². The number of alkyl carbamates (subject to hydrolysis) is 1. The number of carbonyl (C=O) groups is 1. The average molecular weight is 812 g/mol. The number of carbonyl (C=O) groups excluding carboxylic acids is 1. The molecule has 0 aromatic carbocycles. The molecule has 0 aliphatic rings. The van der Waals surface area contributed by atoms with Gasteiger partial charge in [-0.25, -0.2) is 4.79 Å². The summed E-state index contributed by atoms with van der Waals surface area (Å²) in [4.78, 5) is 12.4. The minimum absolute atomic E-state index is 0.0164. The molecule has 7 nitrogen and oxygen atoms in total. The Kier molecular flexibility index (Phi) is 44.0. The molecule has 0 rings (SSSR count). The number of amides is 1. The van der Waals surface area contributed by atoms with Gasteiger partial charge < -0.3 is 29.0 Å². The predicted molar refractivity (Wildman–Crippen MR) is 245 cm³/mol. The lowest BCUT2D eigenvalue weighted by Crippen LogP contribution is -2.33. The van der Waals surface area contributed by atoms with E-state index in [4.69, 9.17) is 23.7 Å². The molecule has 0 bridgehead atoms. The highest BCUT2D eigenvalue weighted by Crippen LogP contribution is 2.16. The summed E-state index contributed by atoms with van der Waals surface area (Å²) in [6.45, 7) is 16.4. The second-order valence-corrected chi connectivity index (χ2v) is 18.2. The van der Waals surface area contributed by atoms with E-state index in [-0.39, 0.29) is 24.4 Å². The second-order valence-electron chi connectivity index (χ2n) is 18.2. The molecule has 0 aromatic heterocycles. The fraction of sp³-hybridized carbons (Fsp3) is 0.980. The average Bonchev–Trinajstić information content (AvgIpc) is 3.19. The summed E-state index contributed by atoms with van der Waals surface area (Å²) < 4.78 is 29.4. The van der Waals surface area contributed by atoms with E-state index in [1.54, 1.807) is 0 Å². The molecule has 2 unspecified atom stereocenters. The van der Waals surface area contributed by atoms with Gasteiger partial charge in [-0.1, -0.05) is 206 Å². The first-order valence-electron chi connectivity index (χ1n) is 25.1. The van der Waals surface area contributed by atoms with E-state index < -0.39 is 6.09 Å². The number of hydrogen-bond acceptors (Lipinski definition) is 6. The minimum Gasteiger partial charge on any atom is -0.447 e. The standard InChI is InChI=1S/C50H101NO6/c1-7-9-11-13-15-17-19-21-23-25-27-29-31-33-35-37-41-53-45-48(46-56-49(52)51-40-39-43-54-47(3)44-57-50(4,5)6)55-42-38-36-34-32-30-28-26-24-22-20-18-16-14-12-10-8-2/h47-48H,7-46H2,1-6H3,(H,51,52). The Morgan fingerprint density at radius 2 is 0.825 bits per heavy atom. The Bertz CT molecular complexity index is 789. The monoisotopic (exact) mass is 812 g/mol. The van der Waals surface area contributed by atoms with E-state index in [9.17, 15) is 4.79 Å². The van der Waals surface area contributed by atoms with Crippen molar-refractivity contribution >= 4 is 6.09 Å². The third kappa shape index (κ3) is 47.7. The zero-order chi connectivity index (χ0) is 41.8. The molecule has 2 atom stereocenters. The molecule has 57 heavy (non-hydrogen) atoms. The third-order valence-electron chi connectivity index (χ3n) is 10.9. The number of unbranched alkanes of at least 4 members (excludes halogenated alkanes) is 30. The molecule has 342 valence electrons. The fourth-order valence-electron chi connectivity index (χ4n) is 7.19. The normalized spacial score (nSPS) is 12.9.